The standard InChI is InChI=1S/C17H13Cl2F4NO2/c18-13-5-4-12(7-14(13)19)24-15(25)11-3-1-2-10(6-11)8-26-9-17(22,23)16(20)21/h1-7,16H,8-9H2,(H,24,25). The Morgan fingerprint density at radius 2 is 1.85 bits per heavy atom. The van der Waals surface area contributed by atoms with Crippen molar-refractivity contribution in [2.75, 3.05) is 11.9 Å². The van der Waals surface area contributed by atoms with Crippen LogP contribution in [0.15, 0.2) is 42.5 Å². The van der Waals surface area contributed by atoms with Gasteiger partial charge in [-0.1, -0.05) is 35.3 Å². The summed E-state index contributed by atoms with van der Waals surface area (Å²) in [6.45, 7) is -1.75. The van der Waals surface area contributed by atoms with E-state index < -0.39 is 24.9 Å². The molecular weight excluding hydrogens is 397 g/mol. The molecule has 3 nitrogen and oxygen atoms in total. The van der Waals surface area contributed by atoms with E-state index >= 15 is 0 Å². The number of hydrogen-bond donors (Lipinski definition) is 1. The smallest absolute Gasteiger partial charge is 0.330 e. The van der Waals surface area contributed by atoms with E-state index in [0.29, 0.717) is 16.3 Å². The summed E-state index contributed by atoms with van der Waals surface area (Å²) in [5.74, 6) is -4.69. The van der Waals surface area contributed by atoms with Gasteiger partial charge in [0.25, 0.3) is 5.91 Å². The number of rotatable bonds is 7. The number of nitrogens with one attached hydrogen (secondary N) is 1. The molecule has 0 heterocycles. The Kier molecular flexibility index (Phi) is 6.86. The Morgan fingerprint density at radius 1 is 1.12 bits per heavy atom. The van der Waals surface area contributed by atoms with Crippen LogP contribution in [0.2, 0.25) is 10.0 Å². The molecule has 2 rings (SSSR count). The highest BCUT2D eigenvalue weighted by Gasteiger charge is 2.40. The summed E-state index contributed by atoms with van der Waals surface area (Å²) in [7, 11) is 0. The Balaban J connectivity index is 1.99. The van der Waals surface area contributed by atoms with Gasteiger partial charge in [0.05, 0.1) is 16.7 Å². The number of benzene rings is 2. The summed E-state index contributed by atoms with van der Waals surface area (Å²) < 4.78 is 54.4. The van der Waals surface area contributed by atoms with Crippen molar-refractivity contribution in [3.63, 3.8) is 0 Å². The predicted octanol–water partition coefficient (Wildman–Crippen LogP) is 5.66. The molecule has 0 fully saturated rings. The molecule has 0 atom stereocenters. The van der Waals surface area contributed by atoms with Gasteiger partial charge in [-0.3, -0.25) is 4.79 Å². The average Bonchev–Trinajstić information content (AvgIpc) is 2.58. The monoisotopic (exact) mass is 409 g/mol. The van der Waals surface area contributed by atoms with Crippen molar-refractivity contribution in [2.45, 2.75) is 19.0 Å². The lowest BCUT2D eigenvalue weighted by Gasteiger charge is -2.15. The van der Waals surface area contributed by atoms with Crippen LogP contribution < -0.4 is 5.32 Å². The first-order valence-electron chi connectivity index (χ1n) is 7.28. The largest absolute Gasteiger partial charge is 0.370 e. The van der Waals surface area contributed by atoms with Gasteiger partial charge in [-0.15, -0.1) is 0 Å². The number of amides is 1. The summed E-state index contributed by atoms with van der Waals surface area (Å²) in [4.78, 5) is 12.2. The van der Waals surface area contributed by atoms with Crippen molar-refractivity contribution in [1.29, 1.82) is 0 Å². The van der Waals surface area contributed by atoms with Crippen molar-refractivity contribution in [1.82, 2.24) is 0 Å². The number of alkyl halides is 4. The van der Waals surface area contributed by atoms with E-state index in [-0.39, 0.29) is 17.2 Å². The maximum absolute atomic E-state index is 12.8. The van der Waals surface area contributed by atoms with E-state index in [1.807, 2.05) is 0 Å². The Hall–Kier alpha value is -1.83. The van der Waals surface area contributed by atoms with Crippen LogP contribution in [0.3, 0.4) is 0 Å². The molecule has 0 unspecified atom stereocenters. The van der Waals surface area contributed by atoms with Crippen LogP contribution in [0.25, 0.3) is 0 Å². The first-order chi connectivity index (χ1) is 12.2. The molecule has 0 spiro atoms. The van der Waals surface area contributed by atoms with Crippen molar-refractivity contribution in [3.05, 3.63) is 63.6 Å². The molecule has 0 radical (unpaired) electrons. The van der Waals surface area contributed by atoms with Gasteiger partial charge in [0.2, 0.25) is 0 Å². The molecule has 1 amide bonds. The quantitative estimate of drug-likeness (QED) is 0.598. The number of hydrogen-bond acceptors (Lipinski definition) is 2. The number of carbonyl (C=O) groups excluding carboxylic acids is 1. The summed E-state index contributed by atoms with van der Waals surface area (Å²) in [6.07, 6.45) is -3.80. The lowest BCUT2D eigenvalue weighted by Crippen LogP contribution is -2.32. The molecule has 2 aromatic rings. The maximum Gasteiger partial charge on any atom is 0.330 e. The number of carbonyl (C=O) groups is 1. The van der Waals surface area contributed by atoms with E-state index in [0.717, 1.165) is 0 Å². The maximum atomic E-state index is 12.8. The summed E-state index contributed by atoms with van der Waals surface area (Å²) in [6, 6.07) is 10.5. The van der Waals surface area contributed by atoms with Crippen LogP contribution in [0, 0.1) is 0 Å². The van der Waals surface area contributed by atoms with E-state index in [4.69, 9.17) is 23.2 Å². The fourth-order valence-electron chi connectivity index (χ4n) is 1.95. The third-order valence-corrected chi connectivity index (χ3v) is 3.99. The number of anilines is 1. The van der Waals surface area contributed by atoms with Crippen LogP contribution in [-0.2, 0) is 11.3 Å². The molecule has 9 heteroatoms. The van der Waals surface area contributed by atoms with Gasteiger partial charge < -0.3 is 10.1 Å². The van der Waals surface area contributed by atoms with Crippen molar-refractivity contribution < 1.29 is 27.1 Å². The van der Waals surface area contributed by atoms with Gasteiger partial charge in [0.15, 0.2) is 0 Å². The van der Waals surface area contributed by atoms with Gasteiger partial charge >= 0.3 is 12.3 Å². The molecule has 26 heavy (non-hydrogen) atoms. The predicted molar refractivity (Wildman–Crippen MR) is 91.5 cm³/mol. The Bertz CT molecular complexity index is 787. The van der Waals surface area contributed by atoms with Crippen LogP contribution >= 0.6 is 23.2 Å². The van der Waals surface area contributed by atoms with Gasteiger partial charge in [-0.25, -0.2) is 8.78 Å². The Morgan fingerprint density at radius 3 is 2.50 bits per heavy atom. The fourth-order valence-corrected chi connectivity index (χ4v) is 2.25. The zero-order chi connectivity index (χ0) is 19.3. The molecule has 0 aromatic heterocycles. The van der Waals surface area contributed by atoms with E-state index in [9.17, 15) is 22.4 Å². The third-order valence-electron chi connectivity index (χ3n) is 3.25. The minimum Gasteiger partial charge on any atom is -0.370 e. The molecule has 0 aliphatic rings. The zero-order valence-corrected chi connectivity index (χ0v) is 14.6. The van der Waals surface area contributed by atoms with Gasteiger partial charge in [-0.05, 0) is 35.9 Å². The number of ether oxygens (including phenoxy) is 1. The molecule has 0 saturated heterocycles. The normalized spacial score (nSPS) is 11.7. The fraction of sp³-hybridized carbons (Fsp3) is 0.235. The third kappa shape index (κ3) is 5.59. The molecule has 0 bridgehead atoms. The SMILES string of the molecule is O=C(Nc1ccc(Cl)c(Cl)c1)c1cccc(COCC(F)(F)C(F)F)c1. The van der Waals surface area contributed by atoms with Crippen LogP contribution in [0.4, 0.5) is 23.2 Å². The summed E-state index contributed by atoms with van der Waals surface area (Å²) in [5.41, 5.74) is 1.04. The van der Waals surface area contributed by atoms with Gasteiger partial charge in [-0.2, -0.15) is 8.78 Å². The molecule has 0 aliphatic carbocycles. The lowest BCUT2D eigenvalue weighted by molar-refractivity contribution is -0.168. The van der Waals surface area contributed by atoms with Crippen LogP contribution in [0.1, 0.15) is 15.9 Å². The van der Waals surface area contributed by atoms with E-state index in [1.54, 1.807) is 6.07 Å². The van der Waals surface area contributed by atoms with E-state index in [2.05, 4.69) is 10.1 Å². The van der Waals surface area contributed by atoms with E-state index in [1.165, 1.54) is 36.4 Å². The van der Waals surface area contributed by atoms with Gasteiger partial charge in [0, 0.05) is 11.3 Å². The van der Waals surface area contributed by atoms with Gasteiger partial charge in [0.1, 0.15) is 6.61 Å². The summed E-state index contributed by atoms with van der Waals surface area (Å²) in [5, 5.41) is 3.21. The highest BCUT2D eigenvalue weighted by atomic mass is 35.5. The lowest BCUT2D eigenvalue weighted by atomic mass is 10.1. The molecule has 0 saturated carbocycles. The first kappa shape index (κ1) is 20.5. The first-order valence-corrected chi connectivity index (χ1v) is 8.03. The molecular formula is C17H13Cl2F4NO2. The highest BCUT2D eigenvalue weighted by Crippen LogP contribution is 2.26. The minimum atomic E-state index is -4.22. The Labute approximate surface area is 156 Å². The topological polar surface area (TPSA) is 38.3 Å². The minimum absolute atomic E-state index is 0.234. The molecule has 1 N–H and O–H groups in total. The molecule has 140 valence electrons. The van der Waals surface area contributed by atoms with Crippen molar-refractivity contribution in [3.8, 4) is 0 Å². The van der Waals surface area contributed by atoms with Crippen LogP contribution in [-0.4, -0.2) is 24.9 Å². The van der Waals surface area contributed by atoms with Crippen molar-refractivity contribution >= 4 is 34.8 Å². The average molecular weight is 410 g/mol. The second kappa shape index (κ2) is 8.70. The second-order valence-electron chi connectivity index (χ2n) is 5.34. The second-order valence-corrected chi connectivity index (χ2v) is 6.15. The summed E-state index contributed by atoms with van der Waals surface area (Å²) >= 11 is 11.7. The van der Waals surface area contributed by atoms with Crippen molar-refractivity contribution in [2.24, 2.45) is 0 Å². The number of halogens is 6. The molecule has 2 aromatic carbocycles. The molecule has 0 aliphatic heterocycles. The van der Waals surface area contributed by atoms with Crippen LogP contribution in [0.5, 0.6) is 0 Å². The highest BCUT2D eigenvalue weighted by molar-refractivity contribution is 6.42. The zero-order valence-electron chi connectivity index (χ0n) is 13.1.